The summed E-state index contributed by atoms with van der Waals surface area (Å²) in [5.74, 6) is -0.250. The van der Waals surface area contributed by atoms with Gasteiger partial charge in [-0.05, 0) is 67.3 Å². The molecule has 4 rings (SSSR count). The van der Waals surface area contributed by atoms with Gasteiger partial charge in [0.05, 0.1) is 11.8 Å². The molecule has 0 aliphatic rings. The van der Waals surface area contributed by atoms with E-state index in [1.54, 1.807) is 29.2 Å². The second kappa shape index (κ2) is 11.9. The maximum Gasteiger partial charge on any atom is 0.306 e. The average Bonchev–Trinajstić information content (AvgIpc) is 3.43. The van der Waals surface area contributed by atoms with Gasteiger partial charge in [0, 0.05) is 44.3 Å². The Morgan fingerprint density at radius 2 is 1.70 bits per heavy atom. The average molecular weight is 519 g/mol. The van der Waals surface area contributed by atoms with Crippen molar-refractivity contribution in [1.82, 2.24) is 19.1 Å². The Hall–Kier alpha value is -3.82. The number of carbonyl (C=O) groups excluding carboxylic acids is 1. The third kappa shape index (κ3) is 7.12. The third-order valence-electron chi connectivity index (χ3n) is 5.67. The summed E-state index contributed by atoms with van der Waals surface area (Å²) in [5, 5.41) is 4.23. The first-order valence-corrected chi connectivity index (χ1v) is 13.5. The van der Waals surface area contributed by atoms with Gasteiger partial charge in [0.2, 0.25) is 10.0 Å². The normalized spacial score (nSPS) is 11.7. The minimum atomic E-state index is -3.82. The first-order valence-electron chi connectivity index (χ1n) is 12.1. The van der Waals surface area contributed by atoms with Gasteiger partial charge >= 0.3 is 5.97 Å². The van der Waals surface area contributed by atoms with Crippen LogP contribution in [0, 0.1) is 0 Å². The van der Waals surface area contributed by atoms with Crippen molar-refractivity contribution in [2.75, 3.05) is 0 Å². The predicted octanol–water partition coefficient (Wildman–Crippen LogP) is 4.54. The number of esters is 1. The van der Waals surface area contributed by atoms with Crippen molar-refractivity contribution in [3.63, 3.8) is 0 Å². The van der Waals surface area contributed by atoms with E-state index in [9.17, 15) is 13.2 Å². The Morgan fingerprint density at radius 3 is 2.38 bits per heavy atom. The van der Waals surface area contributed by atoms with E-state index < -0.39 is 10.0 Å². The fourth-order valence-electron chi connectivity index (χ4n) is 3.91. The highest BCUT2D eigenvalue weighted by molar-refractivity contribution is 7.89. The number of benzene rings is 2. The van der Waals surface area contributed by atoms with Crippen LogP contribution in [-0.2, 0) is 39.1 Å². The molecule has 4 aromatic rings. The quantitative estimate of drug-likeness (QED) is 0.271. The number of sulfonamides is 1. The van der Waals surface area contributed by atoms with Gasteiger partial charge in [0.15, 0.2) is 0 Å². The molecule has 2 aromatic carbocycles. The van der Waals surface area contributed by atoms with E-state index in [4.69, 9.17) is 4.74 Å². The summed E-state index contributed by atoms with van der Waals surface area (Å²) in [7, 11) is -3.82. The lowest BCUT2D eigenvalue weighted by molar-refractivity contribution is -0.147. The number of carbonyl (C=O) groups is 1. The zero-order valence-corrected chi connectivity index (χ0v) is 21.7. The largest absolute Gasteiger partial charge is 0.463 e. The monoisotopic (exact) mass is 518 g/mol. The zero-order valence-electron chi connectivity index (χ0n) is 20.9. The minimum absolute atomic E-state index is 0.135. The lowest BCUT2D eigenvalue weighted by Crippen LogP contribution is -2.30. The van der Waals surface area contributed by atoms with Crippen LogP contribution in [0.4, 0.5) is 0 Å². The summed E-state index contributed by atoms with van der Waals surface area (Å²) in [4.78, 5) is 16.1. The molecule has 0 radical (unpaired) electrons. The number of ether oxygens (including phenoxy) is 1. The second-order valence-corrected chi connectivity index (χ2v) is 10.9. The fraction of sp³-hybridized carbons (Fsp3) is 0.250. The van der Waals surface area contributed by atoms with Crippen LogP contribution in [0.3, 0.4) is 0 Å². The van der Waals surface area contributed by atoms with Crippen molar-refractivity contribution in [2.45, 2.75) is 50.8 Å². The lowest BCUT2D eigenvalue weighted by atomic mass is 10.1. The molecule has 0 aliphatic carbocycles. The number of nitrogens with zero attached hydrogens (tertiary/aromatic N) is 4. The highest BCUT2D eigenvalue weighted by atomic mass is 32.2. The predicted molar refractivity (Wildman–Crippen MR) is 140 cm³/mol. The molecule has 0 aliphatic heterocycles. The van der Waals surface area contributed by atoms with Crippen LogP contribution < -0.4 is 0 Å². The van der Waals surface area contributed by atoms with Crippen LogP contribution in [-0.4, -0.2) is 39.6 Å². The van der Waals surface area contributed by atoms with Gasteiger partial charge in [-0.3, -0.25) is 9.78 Å². The molecule has 0 bridgehead atoms. The van der Waals surface area contributed by atoms with Gasteiger partial charge in [-0.25, -0.2) is 13.1 Å². The number of aryl methyl sites for hydroxylation is 1. The van der Waals surface area contributed by atoms with Crippen LogP contribution in [0.5, 0.6) is 0 Å². The summed E-state index contributed by atoms with van der Waals surface area (Å²) in [5.41, 5.74) is 3.51. The van der Waals surface area contributed by atoms with Crippen LogP contribution in [0.25, 0.3) is 5.69 Å². The van der Waals surface area contributed by atoms with Crippen molar-refractivity contribution in [1.29, 1.82) is 0 Å². The lowest BCUT2D eigenvalue weighted by Gasteiger charge is -2.23. The number of hydrogen-bond donors (Lipinski definition) is 0. The van der Waals surface area contributed by atoms with Gasteiger partial charge in [-0.15, -0.1) is 0 Å². The van der Waals surface area contributed by atoms with Crippen LogP contribution in [0.1, 0.15) is 37.0 Å². The highest BCUT2D eigenvalue weighted by Gasteiger charge is 2.25. The third-order valence-corrected chi connectivity index (χ3v) is 7.45. The van der Waals surface area contributed by atoms with E-state index in [0.29, 0.717) is 6.42 Å². The molecule has 0 atom stereocenters. The van der Waals surface area contributed by atoms with Crippen LogP contribution >= 0.6 is 0 Å². The zero-order chi connectivity index (χ0) is 26.3. The fourth-order valence-corrected chi connectivity index (χ4v) is 5.29. The first kappa shape index (κ1) is 26.2. The number of pyridine rings is 1. The van der Waals surface area contributed by atoms with Gasteiger partial charge in [-0.1, -0.05) is 36.4 Å². The Kier molecular flexibility index (Phi) is 8.47. The minimum Gasteiger partial charge on any atom is -0.463 e. The van der Waals surface area contributed by atoms with Crippen molar-refractivity contribution >= 4 is 16.0 Å². The Balaban J connectivity index is 1.56. The maximum atomic E-state index is 13.6. The smallest absolute Gasteiger partial charge is 0.306 e. The SMILES string of the molecule is CC(C)OC(=O)CCc1cccc(CN(Cc2ccc(-n3cccn3)cc2)S(=O)(=O)c2cccnc2)c1. The summed E-state index contributed by atoms with van der Waals surface area (Å²) in [6.07, 6.45) is 7.09. The molecular formula is C28H30N4O4S. The maximum absolute atomic E-state index is 13.6. The van der Waals surface area contributed by atoms with E-state index in [0.717, 1.165) is 22.4 Å². The number of rotatable bonds is 11. The Bertz CT molecular complexity index is 1400. The van der Waals surface area contributed by atoms with Gasteiger partial charge in [0.25, 0.3) is 0 Å². The molecular weight excluding hydrogens is 488 g/mol. The molecule has 2 heterocycles. The van der Waals surface area contributed by atoms with Gasteiger partial charge in [-0.2, -0.15) is 9.40 Å². The van der Waals surface area contributed by atoms with E-state index >= 15 is 0 Å². The molecule has 9 heteroatoms. The standard InChI is InChI=1S/C28H30N4O4S/c1-22(2)36-28(33)14-11-23-6-3-7-25(18-23)21-31(37(34,35)27-8-4-15-29-19-27)20-24-9-12-26(13-10-24)32-17-5-16-30-32/h3-10,12-13,15-19,22H,11,14,20-21H2,1-2H3. The Morgan fingerprint density at radius 1 is 0.946 bits per heavy atom. The second-order valence-electron chi connectivity index (χ2n) is 8.94. The molecule has 8 nitrogen and oxygen atoms in total. The van der Waals surface area contributed by atoms with Crippen molar-refractivity contribution in [2.24, 2.45) is 0 Å². The summed E-state index contributed by atoms with van der Waals surface area (Å²) in [6.45, 7) is 3.99. The molecule has 0 amide bonds. The van der Waals surface area contributed by atoms with Crippen molar-refractivity contribution in [3.8, 4) is 5.69 Å². The molecule has 0 saturated carbocycles. The number of aromatic nitrogens is 3. The number of hydrogen-bond acceptors (Lipinski definition) is 6. The summed E-state index contributed by atoms with van der Waals surface area (Å²) < 4.78 is 35.6. The highest BCUT2D eigenvalue weighted by Crippen LogP contribution is 2.22. The van der Waals surface area contributed by atoms with Crippen LogP contribution in [0.15, 0.2) is 96.4 Å². The summed E-state index contributed by atoms with van der Waals surface area (Å²) >= 11 is 0. The van der Waals surface area contributed by atoms with Gasteiger partial charge in [0.1, 0.15) is 4.90 Å². The van der Waals surface area contributed by atoms with Gasteiger partial charge < -0.3 is 4.74 Å². The van der Waals surface area contributed by atoms with Crippen LogP contribution in [0.2, 0.25) is 0 Å². The summed E-state index contributed by atoms with van der Waals surface area (Å²) in [6, 6.07) is 20.3. The molecule has 2 aromatic heterocycles. The Labute approximate surface area is 217 Å². The van der Waals surface area contributed by atoms with E-state index in [1.807, 2.05) is 74.6 Å². The molecule has 0 spiro atoms. The van der Waals surface area contributed by atoms with Crippen molar-refractivity contribution in [3.05, 3.63) is 108 Å². The molecule has 0 fully saturated rings. The molecule has 37 heavy (non-hydrogen) atoms. The van der Waals surface area contributed by atoms with Crippen molar-refractivity contribution < 1.29 is 17.9 Å². The molecule has 0 unspecified atom stereocenters. The molecule has 0 N–H and O–H groups in total. The molecule has 192 valence electrons. The molecule has 0 saturated heterocycles. The van der Waals surface area contributed by atoms with E-state index in [1.165, 1.54) is 10.5 Å². The topological polar surface area (TPSA) is 94.4 Å². The van der Waals surface area contributed by atoms with E-state index in [2.05, 4.69) is 10.1 Å². The van der Waals surface area contributed by atoms with E-state index in [-0.39, 0.29) is 36.5 Å². The first-order chi connectivity index (χ1) is 17.8.